The van der Waals surface area contributed by atoms with Gasteiger partial charge in [0.1, 0.15) is 0 Å². The number of imidazole rings is 1. The van der Waals surface area contributed by atoms with Gasteiger partial charge in [-0.2, -0.15) is 0 Å². The van der Waals surface area contributed by atoms with Crippen LogP contribution in [0.1, 0.15) is 18.5 Å². The van der Waals surface area contributed by atoms with Gasteiger partial charge in [0.2, 0.25) is 5.95 Å². The second-order valence-corrected chi connectivity index (χ2v) is 6.12. The van der Waals surface area contributed by atoms with Gasteiger partial charge in [-0.25, -0.2) is 4.98 Å². The zero-order valence-electron chi connectivity index (χ0n) is 13.1. The Bertz CT molecular complexity index is 726. The van der Waals surface area contributed by atoms with Crippen molar-refractivity contribution in [3.05, 3.63) is 54.4 Å². The SMILES string of the molecule is c1ccc(CN2CCC(Nc3nc4ccccc4[nH]3)CC2)nc1. The molecule has 0 aliphatic carbocycles. The maximum Gasteiger partial charge on any atom is 0.201 e. The summed E-state index contributed by atoms with van der Waals surface area (Å²) in [4.78, 5) is 14.8. The van der Waals surface area contributed by atoms with Gasteiger partial charge in [0.25, 0.3) is 0 Å². The van der Waals surface area contributed by atoms with Gasteiger partial charge in [-0.3, -0.25) is 9.88 Å². The van der Waals surface area contributed by atoms with E-state index in [1.807, 2.05) is 30.5 Å². The third-order valence-electron chi connectivity index (χ3n) is 4.43. The van der Waals surface area contributed by atoms with Crippen LogP contribution in [0.25, 0.3) is 11.0 Å². The molecule has 1 fully saturated rings. The van der Waals surface area contributed by atoms with Gasteiger partial charge in [0, 0.05) is 31.9 Å². The van der Waals surface area contributed by atoms with Crippen molar-refractivity contribution < 1.29 is 0 Å². The van der Waals surface area contributed by atoms with Crippen LogP contribution in [0.3, 0.4) is 0 Å². The van der Waals surface area contributed by atoms with Crippen LogP contribution >= 0.6 is 0 Å². The van der Waals surface area contributed by atoms with Crippen molar-refractivity contribution in [1.29, 1.82) is 0 Å². The molecule has 1 saturated heterocycles. The number of aromatic amines is 1. The summed E-state index contributed by atoms with van der Waals surface area (Å²) in [7, 11) is 0. The molecule has 23 heavy (non-hydrogen) atoms. The standard InChI is InChI=1S/C18H21N5/c1-2-7-17-16(6-1)21-18(22-17)20-14-8-11-23(12-9-14)13-15-5-3-4-10-19-15/h1-7,10,14H,8-9,11-13H2,(H2,20,21,22). The van der Waals surface area contributed by atoms with Crippen molar-refractivity contribution in [3.8, 4) is 0 Å². The number of nitrogens with zero attached hydrogens (tertiary/aromatic N) is 3. The van der Waals surface area contributed by atoms with Crippen molar-refractivity contribution in [2.75, 3.05) is 18.4 Å². The molecular formula is C18H21N5. The molecule has 1 aliphatic heterocycles. The van der Waals surface area contributed by atoms with Crippen molar-refractivity contribution in [2.45, 2.75) is 25.4 Å². The summed E-state index contributed by atoms with van der Waals surface area (Å²) < 4.78 is 0. The first-order valence-corrected chi connectivity index (χ1v) is 8.20. The molecule has 4 rings (SSSR count). The molecule has 0 saturated carbocycles. The van der Waals surface area contributed by atoms with Crippen molar-refractivity contribution in [3.63, 3.8) is 0 Å². The Hall–Kier alpha value is -2.40. The third kappa shape index (κ3) is 3.35. The van der Waals surface area contributed by atoms with Gasteiger partial charge >= 0.3 is 0 Å². The van der Waals surface area contributed by atoms with Crippen LogP contribution in [0.2, 0.25) is 0 Å². The van der Waals surface area contributed by atoms with Crippen LogP contribution in [-0.4, -0.2) is 39.0 Å². The normalized spacial score (nSPS) is 16.7. The number of H-pyrrole nitrogens is 1. The molecule has 3 heterocycles. The van der Waals surface area contributed by atoms with E-state index in [-0.39, 0.29) is 0 Å². The lowest BCUT2D eigenvalue weighted by molar-refractivity contribution is 0.209. The van der Waals surface area contributed by atoms with Gasteiger partial charge in [-0.1, -0.05) is 18.2 Å². The maximum absolute atomic E-state index is 4.60. The monoisotopic (exact) mass is 307 g/mol. The molecule has 3 aromatic rings. The maximum atomic E-state index is 4.60. The summed E-state index contributed by atoms with van der Waals surface area (Å²) in [5.74, 6) is 0.884. The minimum Gasteiger partial charge on any atom is -0.353 e. The summed E-state index contributed by atoms with van der Waals surface area (Å²) in [6, 6.07) is 14.7. The van der Waals surface area contributed by atoms with Crippen molar-refractivity contribution in [2.24, 2.45) is 0 Å². The largest absolute Gasteiger partial charge is 0.353 e. The fourth-order valence-electron chi connectivity index (χ4n) is 3.17. The molecule has 2 aromatic heterocycles. The minimum absolute atomic E-state index is 0.482. The minimum atomic E-state index is 0.482. The summed E-state index contributed by atoms with van der Waals surface area (Å²) in [6.45, 7) is 3.13. The highest BCUT2D eigenvalue weighted by atomic mass is 15.2. The van der Waals surface area contributed by atoms with Crippen LogP contribution < -0.4 is 5.32 Å². The van der Waals surface area contributed by atoms with E-state index in [0.29, 0.717) is 6.04 Å². The number of aromatic nitrogens is 3. The number of rotatable bonds is 4. The lowest BCUT2D eigenvalue weighted by Gasteiger charge is -2.32. The lowest BCUT2D eigenvalue weighted by atomic mass is 10.1. The van der Waals surface area contributed by atoms with Gasteiger partial charge in [-0.15, -0.1) is 0 Å². The summed E-state index contributed by atoms with van der Waals surface area (Å²) in [5.41, 5.74) is 3.25. The molecule has 1 aliphatic rings. The number of fused-ring (bicyclic) bond motifs is 1. The van der Waals surface area contributed by atoms with E-state index in [4.69, 9.17) is 0 Å². The number of benzene rings is 1. The second-order valence-electron chi connectivity index (χ2n) is 6.12. The predicted octanol–water partition coefficient (Wildman–Crippen LogP) is 3.03. The summed E-state index contributed by atoms with van der Waals surface area (Å²) in [5, 5.41) is 3.55. The first-order chi connectivity index (χ1) is 11.4. The topological polar surface area (TPSA) is 56.8 Å². The van der Waals surface area contributed by atoms with E-state index in [1.165, 1.54) is 0 Å². The van der Waals surface area contributed by atoms with Gasteiger partial charge in [-0.05, 0) is 37.1 Å². The molecule has 5 nitrogen and oxygen atoms in total. The third-order valence-corrected chi connectivity index (χ3v) is 4.43. The van der Waals surface area contributed by atoms with E-state index < -0.39 is 0 Å². The summed E-state index contributed by atoms with van der Waals surface area (Å²) >= 11 is 0. The van der Waals surface area contributed by atoms with Crippen LogP contribution in [-0.2, 0) is 6.54 Å². The number of hydrogen-bond acceptors (Lipinski definition) is 4. The van der Waals surface area contributed by atoms with Crippen LogP contribution in [0, 0.1) is 0 Å². The zero-order chi connectivity index (χ0) is 15.5. The number of likely N-dealkylation sites (tertiary alicyclic amines) is 1. The molecule has 118 valence electrons. The van der Waals surface area contributed by atoms with Crippen LogP contribution in [0.4, 0.5) is 5.95 Å². The molecule has 0 spiro atoms. The summed E-state index contributed by atoms with van der Waals surface area (Å²) in [6.07, 6.45) is 4.12. The fourth-order valence-corrected chi connectivity index (χ4v) is 3.17. The predicted molar refractivity (Wildman–Crippen MR) is 92.3 cm³/mol. The first kappa shape index (κ1) is 14.2. The van der Waals surface area contributed by atoms with Crippen molar-refractivity contribution >= 4 is 17.0 Å². The highest BCUT2D eigenvalue weighted by Gasteiger charge is 2.20. The Kier molecular flexibility index (Phi) is 3.94. The van der Waals surface area contributed by atoms with Crippen LogP contribution in [0.5, 0.6) is 0 Å². The average Bonchev–Trinajstić information content (AvgIpc) is 3.00. The number of hydrogen-bond donors (Lipinski definition) is 2. The van der Waals surface area contributed by atoms with Gasteiger partial charge in [0.15, 0.2) is 0 Å². The zero-order valence-corrected chi connectivity index (χ0v) is 13.1. The Morgan fingerprint density at radius 3 is 2.70 bits per heavy atom. The van der Waals surface area contributed by atoms with Gasteiger partial charge in [0.05, 0.1) is 16.7 Å². The average molecular weight is 307 g/mol. The second kappa shape index (κ2) is 6.38. The lowest BCUT2D eigenvalue weighted by Crippen LogP contribution is -2.39. The van der Waals surface area contributed by atoms with Gasteiger partial charge < -0.3 is 10.3 Å². The highest BCUT2D eigenvalue weighted by Crippen LogP contribution is 2.18. The Balaban J connectivity index is 1.32. The number of piperidine rings is 1. The Morgan fingerprint density at radius 2 is 1.91 bits per heavy atom. The molecule has 0 atom stereocenters. The number of anilines is 1. The first-order valence-electron chi connectivity index (χ1n) is 8.20. The molecular weight excluding hydrogens is 286 g/mol. The molecule has 1 aromatic carbocycles. The van der Waals surface area contributed by atoms with E-state index >= 15 is 0 Å². The quantitative estimate of drug-likeness (QED) is 0.778. The fraction of sp³-hybridized carbons (Fsp3) is 0.333. The highest BCUT2D eigenvalue weighted by molar-refractivity contribution is 5.77. The molecule has 2 N–H and O–H groups in total. The number of nitrogens with one attached hydrogen (secondary N) is 2. The molecule has 0 radical (unpaired) electrons. The number of pyridine rings is 1. The van der Waals surface area contributed by atoms with E-state index in [2.05, 4.69) is 43.4 Å². The van der Waals surface area contributed by atoms with E-state index in [1.54, 1.807) is 0 Å². The Labute approximate surface area is 135 Å². The molecule has 5 heteroatoms. The van der Waals surface area contributed by atoms with Crippen molar-refractivity contribution in [1.82, 2.24) is 19.9 Å². The Morgan fingerprint density at radius 1 is 1.09 bits per heavy atom. The van der Waals surface area contributed by atoms with E-state index in [0.717, 1.165) is 55.2 Å². The van der Waals surface area contributed by atoms with Crippen LogP contribution in [0.15, 0.2) is 48.7 Å². The smallest absolute Gasteiger partial charge is 0.201 e. The molecule has 0 bridgehead atoms. The number of para-hydroxylation sites is 2. The molecule has 0 unspecified atom stereocenters. The molecule has 0 amide bonds. The van der Waals surface area contributed by atoms with E-state index in [9.17, 15) is 0 Å².